The second kappa shape index (κ2) is 8.03. The van der Waals surface area contributed by atoms with Gasteiger partial charge in [0.15, 0.2) is 0 Å². The normalized spacial score (nSPS) is 13.6. The lowest BCUT2D eigenvalue weighted by atomic mass is 10.1. The van der Waals surface area contributed by atoms with E-state index in [2.05, 4.69) is 4.29 Å². The number of halogens is 1. The average molecular weight is 360 g/mol. The third kappa shape index (κ3) is 4.31. The fraction of sp³-hybridized carbons (Fsp3) is 0.263. The Labute approximate surface area is 151 Å². The molecule has 0 radical (unpaired) electrons. The molecule has 1 heterocycles. The SMILES string of the molecule is O=C(OCl)c1ccc(COc2ccc(C(=O)N3CCCC3)cc2)cc1. The Balaban J connectivity index is 1.56. The summed E-state index contributed by atoms with van der Waals surface area (Å²) < 4.78 is 9.86. The van der Waals surface area contributed by atoms with Crippen molar-refractivity contribution < 1.29 is 18.6 Å². The van der Waals surface area contributed by atoms with Crippen molar-refractivity contribution in [2.24, 2.45) is 0 Å². The first-order chi connectivity index (χ1) is 12.2. The lowest BCUT2D eigenvalue weighted by Crippen LogP contribution is -2.27. The Hall–Kier alpha value is -2.53. The summed E-state index contributed by atoms with van der Waals surface area (Å²) in [5.74, 6) is 0.167. The molecule has 2 aromatic carbocycles. The second-order valence-corrected chi connectivity index (χ2v) is 6.03. The lowest BCUT2D eigenvalue weighted by Gasteiger charge is -2.15. The van der Waals surface area contributed by atoms with E-state index < -0.39 is 5.97 Å². The Morgan fingerprint density at radius 2 is 1.52 bits per heavy atom. The van der Waals surface area contributed by atoms with E-state index in [0.29, 0.717) is 23.5 Å². The number of nitrogens with zero attached hydrogens (tertiary/aromatic N) is 1. The molecule has 3 rings (SSSR count). The van der Waals surface area contributed by atoms with Gasteiger partial charge in [-0.15, -0.1) is 0 Å². The minimum Gasteiger partial charge on any atom is -0.489 e. The van der Waals surface area contributed by atoms with E-state index in [1.54, 1.807) is 48.5 Å². The Bertz CT molecular complexity index is 737. The van der Waals surface area contributed by atoms with Crippen molar-refractivity contribution in [3.05, 3.63) is 65.2 Å². The number of carbonyl (C=O) groups excluding carboxylic acids is 2. The van der Waals surface area contributed by atoms with Crippen LogP contribution >= 0.6 is 11.9 Å². The first-order valence-electron chi connectivity index (χ1n) is 8.11. The third-order valence-corrected chi connectivity index (χ3v) is 4.30. The van der Waals surface area contributed by atoms with Crippen LogP contribution in [0.25, 0.3) is 0 Å². The van der Waals surface area contributed by atoms with Crippen LogP contribution in [0.4, 0.5) is 0 Å². The van der Waals surface area contributed by atoms with Crippen LogP contribution in [0, 0.1) is 0 Å². The molecule has 0 spiro atoms. The molecule has 1 aliphatic heterocycles. The summed E-state index contributed by atoms with van der Waals surface area (Å²) >= 11 is 5.04. The molecular formula is C19H18ClNO4. The van der Waals surface area contributed by atoms with Crippen molar-refractivity contribution in [2.75, 3.05) is 13.1 Å². The number of amides is 1. The van der Waals surface area contributed by atoms with E-state index in [1.165, 1.54) is 0 Å². The van der Waals surface area contributed by atoms with Gasteiger partial charge in [0.1, 0.15) is 24.2 Å². The van der Waals surface area contributed by atoms with Gasteiger partial charge < -0.3 is 13.9 Å². The van der Waals surface area contributed by atoms with Gasteiger partial charge >= 0.3 is 5.97 Å². The maximum absolute atomic E-state index is 12.3. The fourth-order valence-electron chi connectivity index (χ4n) is 2.74. The summed E-state index contributed by atoms with van der Waals surface area (Å²) in [4.78, 5) is 25.4. The standard InChI is InChI=1S/C19H18ClNO4/c20-25-19(23)16-5-3-14(4-6-16)13-24-17-9-7-15(8-10-17)18(22)21-11-1-2-12-21/h3-10H,1-2,11-13H2. The summed E-state index contributed by atoms with van der Waals surface area (Å²) in [5, 5.41) is 0. The van der Waals surface area contributed by atoms with Crippen molar-refractivity contribution in [3.8, 4) is 5.75 Å². The van der Waals surface area contributed by atoms with Crippen LogP contribution in [0.5, 0.6) is 5.75 Å². The molecule has 25 heavy (non-hydrogen) atoms. The van der Waals surface area contributed by atoms with Gasteiger partial charge in [-0.3, -0.25) is 4.79 Å². The molecule has 6 heteroatoms. The highest BCUT2D eigenvalue weighted by Crippen LogP contribution is 2.18. The van der Waals surface area contributed by atoms with E-state index in [1.807, 2.05) is 4.90 Å². The van der Waals surface area contributed by atoms with Crippen LogP contribution in [0.15, 0.2) is 48.5 Å². The van der Waals surface area contributed by atoms with Crippen LogP contribution in [-0.2, 0) is 10.9 Å². The molecular weight excluding hydrogens is 342 g/mol. The van der Waals surface area contributed by atoms with E-state index in [4.69, 9.17) is 16.6 Å². The number of ether oxygens (including phenoxy) is 1. The molecule has 0 atom stereocenters. The van der Waals surface area contributed by atoms with Gasteiger partial charge in [0.05, 0.1) is 5.56 Å². The Morgan fingerprint density at radius 1 is 0.920 bits per heavy atom. The lowest BCUT2D eigenvalue weighted by molar-refractivity contribution is 0.0749. The van der Waals surface area contributed by atoms with Gasteiger partial charge in [-0.1, -0.05) is 12.1 Å². The van der Waals surface area contributed by atoms with Gasteiger partial charge in [-0.25, -0.2) is 4.79 Å². The summed E-state index contributed by atoms with van der Waals surface area (Å²) in [6.07, 6.45) is 2.16. The molecule has 5 nitrogen and oxygen atoms in total. The van der Waals surface area contributed by atoms with Crippen LogP contribution in [0.3, 0.4) is 0 Å². The van der Waals surface area contributed by atoms with E-state index in [-0.39, 0.29) is 5.91 Å². The van der Waals surface area contributed by atoms with Gasteiger partial charge in [-0.2, -0.15) is 0 Å². The smallest absolute Gasteiger partial charge is 0.356 e. The average Bonchev–Trinajstić information content (AvgIpc) is 3.21. The monoisotopic (exact) mass is 359 g/mol. The highest BCUT2D eigenvalue weighted by molar-refractivity contribution is 6.15. The highest BCUT2D eigenvalue weighted by Gasteiger charge is 2.19. The minimum absolute atomic E-state index is 0.0748. The second-order valence-electron chi connectivity index (χ2n) is 5.87. The molecule has 0 N–H and O–H groups in total. The molecule has 0 aromatic heterocycles. The molecule has 0 unspecified atom stereocenters. The van der Waals surface area contributed by atoms with Gasteiger partial charge in [0.25, 0.3) is 5.91 Å². The van der Waals surface area contributed by atoms with E-state index in [9.17, 15) is 9.59 Å². The van der Waals surface area contributed by atoms with Gasteiger partial charge in [0, 0.05) is 18.7 Å². The zero-order chi connectivity index (χ0) is 17.6. The number of hydrogen-bond acceptors (Lipinski definition) is 4. The molecule has 0 saturated carbocycles. The van der Waals surface area contributed by atoms with Crippen molar-refractivity contribution in [3.63, 3.8) is 0 Å². The molecule has 0 bridgehead atoms. The summed E-state index contributed by atoms with van der Waals surface area (Å²) in [6, 6.07) is 14.0. The summed E-state index contributed by atoms with van der Waals surface area (Å²) in [5.41, 5.74) is 1.96. The fourth-order valence-corrected chi connectivity index (χ4v) is 2.83. The Kier molecular flexibility index (Phi) is 5.56. The summed E-state index contributed by atoms with van der Waals surface area (Å²) in [6.45, 7) is 2.03. The van der Waals surface area contributed by atoms with E-state index >= 15 is 0 Å². The van der Waals surface area contributed by atoms with Crippen molar-refractivity contribution in [1.29, 1.82) is 0 Å². The molecule has 1 saturated heterocycles. The quantitative estimate of drug-likeness (QED) is 0.814. The van der Waals surface area contributed by atoms with Gasteiger partial charge in [0.2, 0.25) is 0 Å². The molecule has 1 fully saturated rings. The van der Waals surface area contributed by atoms with Crippen LogP contribution in [-0.4, -0.2) is 29.9 Å². The maximum Gasteiger partial charge on any atom is 0.356 e. The molecule has 1 amide bonds. The summed E-state index contributed by atoms with van der Waals surface area (Å²) in [7, 11) is 0. The maximum atomic E-state index is 12.3. The molecule has 1 aliphatic rings. The topological polar surface area (TPSA) is 55.8 Å². The first-order valence-corrected chi connectivity index (χ1v) is 8.42. The first kappa shape index (κ1) is 17.3. The van der Waals surface area contributed by atoms with Crippen molar-refractivity contribution in [1.82, 2.24) is 4.90 Å². The van der Waals surface area contributed by atoms with Crippen LogP contribution in [0.2, 0.25) is 0 Å². The zero-order valence-electron chi connectivity index (χ0n) is 13.6. The number of likely N-dealkylation sites (tertiary alicyclic amines) is 1. The third-order valence-electron chi connectivity index (χ3n) is 4.16. The molecule has 0 aliphatic carbocycles. The van der Waals surface area contributed by atoms with E-state index in [0.717, 1.165) is 31.5 Å². The largest absolute Gasteiger partial charge is 0.489 e. The Morgan fingerprint density at radius 3 is 2.12 bits per heavy atom. The number of carbonyl (C=O) groups is 2. The highest BCUT2D eigenvalue weighted by atomic mass is 35.5. The van der Waals surface area contributed by atoms with Crippen molar-refractivity contribution in [2.45, 2.75) is 19.4 Å². The minimum atomic E-state index is -0.590. The zero-order valence-corrected chi connectivity index (χ0v) is 14.4. The number of benzene rings is 2. The predicted molar refractivity (Wildman–Crippen MR) is 93.6 cm³/mol. The number of rotatable bonds is 5. The predicted octanol–water partition coefficient (Wildman–Crippen LogP) is 3.81. The molecule has 130 valence electrons. The van der Waals surface area contributed by atoms with Crippen molar-refractivity contribution >= 4 is 23.7 Å². The van der Waals surface area contributed by atoms with Crippen LogP contribution < -0.4 is 4.74 Å². The van der Waals surface area contributed by atoms with Crippen LogP contribution in [0.1, 0.15) is 39.1 Å². The number of hydrogen-bond donors (Lipinski definition) is 0. The molecule has 2 aromatic rings. The van der Waals surface area contributed by atoms with Gasteiger partial charge in [-0.05, 0) is 54.8 Å².